The predicted molar refractivity (Wildman–Crippen MR) is 141 cm³/mol. The van der Waals surface area contributed by atoms with Gasteiger partial charge in [0.1, 0.15) is 11.9 Å². The topological polar surface area (TPSA) is 54.0 Å². The summed E-state index contributed by atoms with van der Waals surface area (Å²) in [6.45, 7) is 4.79. The van der Waals surface area contributed by atoms with E-state index in [1.54, 1.807) is 7.11 Å². The van der Waals surface area contributed by atoms with Crippen molar-refractivity contribution in [1.82, 2.24) is 9.80 Å². The molecular weight excluding hydrogens is 438 g/mol. The lowest BCUT2D eigenvalue weighted by Gasteiger charge is -2.32. The molecule has 3 aromatic carbocycles. The number of nitrogens with one attached hydrogen (secondary N) is 1. The maximum absolute atomic E-state index is 12.6. The molecule has 0 unspecified atom stereocenters. The third-order valence-corrected chi connectivity index (χ3v) is 6.47. The predicted octanol–water partition coefficient (Wildman–Crippen LogP) is 5.51. The Morgan fingerprint density at radius 1 is 0.971 bits per heavy atom. The number of carbonyl (C=O) groups is 1. The van der Waals surface area contributed by atoms with Gasteiger partial charge in [0.25, 0.3) is 0 Å². The van der Waals surface area contributed by atoms with Crippen molar-refractivity contribution < 1.29 is 14.3 Å². The Kier molecular flexibility index (Phi) is 8.76. The quantitative estimate of drug-likeness (QED) is 0.444. The van der Waals surface area contributed by atoms with Crippen LogP contribution < -0.4 is 10.1 Å². The Labute approximate surface area is 208 Å². The Morgan fingerprint density at radius 3 is 2.37 bits per heavy atom. The summed E-state index contributed by atoms with van der Waals surface area (Å²) in [5.41, 5.74) is 4.09. The molecule has 1 amide bonds. The number of benzene rings is 3. The summed E-state index contributed by atoms with van der Waals surface area (Å²) in [7, 11) is 3.84. The van der Waals surface area contributed by atoms with Crippen LogP contribution in [0.2, 0.25) is 0 Å². The highest BCUT2D eigenvalue weighted by Gasteiger charge is 2.23. The van der Waals surface area contributed by atoms with E-state index in [9.17, 15) is 4.79 Å². The molecule has 0 saturated carbocycles. The lowest BCUT2D eigenvalue weighted by Crippen LogP contribution is -2.41. The minimum absolute atomic E-state index is 0.0489. The van der Waals surface area contributed by atoms with E-state index in [2.05, 4.69) is 34.3 Å². The van der Waals surface area contributed by atoms with Crippen molar-refractivity contribution in [3.05, 3.63) is 84.4 Å². The standard InChI is InChI=1S/C29H35N3O3/c1-31(22-23-12-14-25(34-2)15-13-23)20-21-32-18-16-26(17-19-32)35-29(33)30-28-11-7-6-10-27(28)24-8-4-3-5-9-24/h3-15,26H,16-22H2,1-2H3,(H,30,33). The number of piperidine rings is 1. The van der Waals surface area contributed by atoms with Crippen molar-refractivity contribution in [3.63, 3.8) is 0 Å². The normalized spacial score (nSPS) is 14.6. The van der Waals surface area contributed by atoms with Crippen LogP contribution in [0.4, 0.5) is 10.5 Å². The number of hydrogen-bond donors (Lipinski definition) is 1. The van der Waals surface area contributed by atoms with Gasteiger partial charge in [0.15, 0.2) is 0 Å². The summed E-state index contributed by atoms with van der Waals surface area (Å²) in [6.07, 6.45) is 1.28. The van der Waals surface area contributed by atoms with E-state index in [0.29, 0.717) is 0 Å². The number of amides is 1. The Morgan fingerprint density at radius 2 is 1.66 bits per heavy atom. The minimum atomic E-state index is -0.383. The molecule has 0 spiro atoms. The average molecular weight is 474 g/mol. The second-order valence-electron chi connectivity index (χ2n) is 9.07. The first-order valence-corrected chi connectivity index (χ1v) is 12.3. The lowest BCUT2D eigenvalue weighted by atomic mass is 10.0. The first kappa shape index (κ1) is 24.8. The fraction of sp³-hybridized carbons (Fsp3) is 0.345. The first-order valence-electron chi connectivity index (χ1n) is 12.3. The van der Waals surface area contributed by atoms with Crippen LogP contribution in [0, 0.1) is 0 Å². The van der Waals surface area contributed by atoms with Gasteiger partial charge in [-0.3, -0.25) is 5.32 Å². The summed E-state index contributed by atoms with van der Waals surface area (Å²) in [4.78, 5) is 17.4. The largest absolute Gasteiger partial charge is 0.497 e. The zero-order valence-corrected chi connectivity index (χ0v) is 20.7. The molecule has 0 aromatic heterocycles. The summed E-state index contributed by atoms with van der Waals surface area (Å²) in [5.74, 6) is 0.885. The zero-order valence-electron chi connectivity index (χ0n) is 20.7. The van der Waals surface area contributed by atoms with E-state index in [1.165, 1.54) is 5.56 Å². The fourth-order valence-corrected chi connectivity index (χ4v) is 4.44. The van der Waals surface area contributed by atoms with Gasteiger partial charge in [0.05, 0.1) is 12.8 Å². The van der Waals surface area contributed by atoms with E-state index in [0.717, 1.165) is 68.1 Å². The van der Waals surface area contributed by atoms with Gasteiger partial charge < -0.3 is 19.3 Å². The highest BCUT2D eigenvalue weighted by molar-refractivity contribution is 5.91. The second kappa shape index (κ2) is 12.4. The lowest BCUT2D eigenvalue weighted by molar-refractivity contribution is 0.0563. The number of rotatable bonds is 9. The fourth-order valence-electron chi connectivity index (χ4n) is 4.44. The molecule has 1 N–H and O–H groups in total. The molecule has 35 heavy (non-hydrogen) atoms. The molecule has 1 fully saturated rings. The zero-order chi connectivity index (χ0) is 24.5. The molecule has 6 nitrogen and oxygen atoms in total. The van der Waals surface area contributed by atoms with E-state index in [1.807, 2.05) is 66.7 Å². The number of nitrogens with zero attached hydrogens (tertiary/aromatic N) is 2. The van der Waals surface area contributed by atoms with Crippen LogP contribution in [-0.4, -0.2) is 62.3 Å². The summed E-state index contributed by atoms with van der Waals surface area (Å²) >= 11 is 0. The van der Waals surface area contributed by atoms with Gasteiger partial charge in [-0.25, -0.2) is 4.79 Å². The molecule has 1 aliphatic heterocycles. The molecule has 184 valence electrons. The number of anilines is 1. The maximum atomic E-state index is 12.6. The van der Waals surface area contributed by atoms with Gasteiger partial charge in [-0.2, -0.15) is 0 Å². The van der Waals surface area contributed by atoms with E-state index < -0.39 is 0 Å². The van der Waals surface area contributed by atoms with Crippen LogP contribution in [0.3, 0.4) is 0 Å². The van der Waals surface area contributed by atoms with Crippen molar-refractivity contribution in [3.8, 4) is 16.9 Å². The molecule has 0 bridgehead atoms. The van der Waals surface area contributed by atoms with E-state index in [-0.39, 0.29) is 12.2 Å². The summed E-state index contributed by atoms with van der Waals surface area (Å²) in [6, 6.07) is 26.1. The van der Waals surface area contributed by atoms with Crippen LogP contribution in [-0.2, 0) is 11.3 Å². The Bertz CT molecular complexity index is 1060. The Balaban J connectivity index is 1.19. The molecule has 1 heterocycles. The van der Waals surface area contributed by atoms with Gasteiger partial charge in [-0.05, 0) is 49.2 Å². The molecule has 6 heteroatoms. The molecule has 0 radical (unpaired) electrons. The second-order valence-corrected chi connectivity index (χ2v) is 9.07. The minimum Gasteiger partial charge on any atom is -0.497 e. The average Bonchev–Trinajstić information content (AvgIpc) is 2.89. The third kappa shape index (κ3) is 7.31. The summed E-state index contributed by atoms with van der Waals surface area (Å²) < 4.78 is 11.0. The SMILES string of the molecule is COc1ccc(CN(C)CCN2CCC(OC(=O)Nc3ccccc3-c3ccccc3)CC2)cc1. The van der Waals surface area contributed by atoms with Crippen molar-refractivity contribution in [2.24, 2.45) is 0 Å². The monoisotopic (exact) mass is 473 g/mol. The number of likely N-dealkylation sites (N-methyl/N-ethyl adjacent to an activating group) is 1. The highest BCUT2D eigenvalue weighted by Crippen LogP contribution is 2.28. The first-order chi connectivity index (χ1) is 17.1. The van der Waals surface area contributed by atoms with E-state index >= 15 is 0 Å². The highest BCUT2D eigenvalue weighted by atomic mass is 16.6. The van der Waals surface area contributed by atoms with Crippen LogP contribution >= 0.6 is 0 Å². The number of para-hydroxylation sites is 1. The van der Waals surface area contributed by atoms with Gasteiger partial charge in [-0.1, -0.05) is 60.7 Å². The Hall–Kier alpha value is -3.35. The van der Waals surface area contributed by atoms with Gasteiger partial charge in [0, 0.05) is 38.3 Å². The number of ether oxygens (including phenoxy) is 2. The van der Waals surface area contributed by atoms with Gasteiger partial charge in [-0.15, -0.1) is 0 Å². The number of hydrogen-bond acceptors (Lipinski definition) is 5. The van der Waals surface area contributed by atoms with Crippen molar-refractivity contribution in [1.29, 1.82) is 0 Å². The molecule has 0 aliphatic carbocycles. The van der Waals surface area contributed by atoms with Crippen molar-refractivity contribution in [2.45, 2.75) is 25.5 Å². The molecular formula is C29H35N3O3. The van der Waals surface area contributed by atoms with Crippen molar-refractivity contribution >= 4 is 11.8 Å². The number of carbonyl (C=O) groups excluding carboxylic acids is 1. The van der Waals surface area contributed by atoms with Crippen LogP contribution in [0.25, 0.3) is 11.1 Å². The molecule has 1 saturated heterocycles. The maximum Gasteiger partial charge on any atom is 0.411 e. The molecule has 1 aliphatic rings. The third-order valence-electron chi connectivity index (χ3n) is 6.47. The number of methoxy groups -OCH3 is 1. The van der Waals surface area contributed by atoms with Crippen molar-refractivity contribution in [2.75, 3.05) is 45.7 Å². The summed E-state index contributed by atoms with van der Waals surface area (Å²) in [5, 5.41) is 2.95. The van der Waals surface area contributed by atoms with Crippen LogP contribution in [0.5, 0.6) is 5.75 Å². The number of likely N-dealkylation sites (tertiary alicyclic amines) is 1. The van der Waals surface area contributed by atoms with E-state index in [4.69, 9.17) is 9.47 Å². The molecule has 4 rings (SSSR count). The van der Waals surface area contributed by atoms with Crippen LogP contribution in [0.1, 0.15) is 18.4 Å². The van der Waals surface area contributed by atoms with Gasteiger partial charge >= 0.3 is 6.09 Å². The smallest absolute Gasteiger partial charge is 0.411 e. The van der Waals surface area contributed by atoms with Gasteiger partial charge in [0.2, 0.25) is 0 Å². The molecule has 0 atom stereocenters. The molecule has 3 aromatic rings. The van der Waals surface area contributed by atoms with Crippen LogP contribution in [0.15, 0.2) is 78.9 Å².